The lowest BCUT2D eigenvalue weighted by Crippen LogP contribution is -2.35. The molecule has 3 aromatic rings. The van der Waals surface area contributed by atoms with E-state index in [1.54, 1.807) is 42.5 Å². The van der Waals surface area contributed by atoms with Gasteiger partial charge in [-0.1, -0.05) is 43.3 Å². The fraction of sp³-hybridized carbons (Fsp3) is 0.318. The summed E-state index contributed by atoms with van der Waals surface area (Å²) in [5.74, 6) is -1.04. The SMILES string of the molecule is CCC(C(N)=O)C1Cc2c(c3ccccc3n2S(=O)(=O)c2ccccc2)C(O)C1. The molecule has 0 fully saturated rings. The number of hydrogen-bond donors (Lipinski definition) is 2. The molecule has 0 spiro atoms. The molecule has 152 valence electrons. The highest BCUT2D eigenvalue weighted by Gasteiger charge is 2.38. The summed E-state index contributed by atoms with van der Waals surface area (Å²) in [6.07, 6.45) is 0.449. The Morgan fingerprint density at radius 1 is 1.17 bits per heavy atom. The highest BCUT2D eigenvalue weighted by Crippen LogP contribution is 2.43. The van der Waals surface area contributed by atoms with Gasteiger partial charge in [-0.05, 0) is 43.4 Å². The molecule has 0 bridgehead atoms. The molecule has 1 aliphatic carbocycles. The summed E-state index contributed by atoms with van der Waals surface area (Å²) < 4.78 is 28.5. The van der Waals surface area contributed by atoms with Gasteiger partial charge in [-0.15, -0.1) is 0 Å². The second kappa shape index (κ2) is 7.31. The number of primary amides is 1. The van der Waals surface area contributed by atoms with Crippen molar-refractivity contribution in [3.8, 4) is 0 Å². The van der Waals surface area contributed by atoms with E-state index in [-0.39, 0.29) is 10.8 Å². The van der Waals surface area contributed by atoms with Crippen LogP contribution in [0.3, 0.4) is 0 Å². The molecule has 29 heavy (non-hydrogen) atoms. The average Bonchev–Trinajstić information content (AvgIpc) is 3.04. The third-order valence-electron chi connectivity index (χ3n) is 5.94. The Kier molecular flexibility index (Phi) is 4.96. The van der Waals surface area contributed by atoms with Crippen LogP contribution in [-0.2, 0) is 21.2 Å². The van der Waals surface area contributed by atoms with E-state index in [0.717, 1.165) is 5.39 Å². The number of benzene rings is 2. The van der Waals surface area contributed by atoms with Crippen LogP contribution < -0.4 is 5.73 Å². The van der Waals surface area contributed by atoms with Gasteiger partial charge in [0.2, 0.25) is 5.91 Å². The van der Waals surface area contributed by atoms with Crippen LogP contribution in [-0.4, -0.2) is 23.4 Å². The summed E-state index contributed by atoms with van der Waals surface area (Å²) in [5, 5.41) is 11.7. The molecule has 2 aromatic carbocycles. The molecule has 3 N–H and O–H groups in total. The van der Waals surface area contributed by atoms with Crippen molar-refractivity contribution in [1.82, 2.24) is 3.97 Å². The van der Waals surface area contributed by atoms with Crippen LogP contribution in [0.1, 0.15) is 37.1 Å². The Morgan fingerprint density at radius 3 is 2.48 bits per heavy atom. The monoisotopic (exact) mass is 412 g/mol. The number of nitrogens with two attached hydrogens (primary N) is 1. The number of aliphatic hydroxyl groups excluding tert-OH is 1. The first-order valence-electron chi connectivity index (χ1n) is 9.76. The van der Waals surface area contributed by atoms with Crippen molar-refractivity contribution in [2.45, 2.75) is 37.2 Å². The lowest BCUT2D eigenvalue weighted by molar-refractivity contribution is -0.124. The van der Waals surface area contributed by atoms with E-state index >= 15 is 0 Å². The number of para-hydroxylation sites is 1. The van der Waals surface area contributed by atoms with Gasteiger partial charge >= 0.3 is 0 Å². The van der Waals surface area contributed by atoms with Gasteiger partial charge in [0.1, 0.15) is 0 Å². The Bertz CT molecular complexity index is 1170. The maximum Gasteiger partial charge on any atom is 0.268 e. The van der Waals surface area contributed by atoms with Crippen LogP contribution in [0.5, 0.6) is 0 Å². The fourth-order valence-electron chi connectivity index (χ4n) is 4.64. The van der Waals surface area contributed by atoms with Crippen molar-refractivity contribution in [3.05, 3.63) is 65.9 Å². The van der Waals surface area contributed by atoms with Crippen molar-refractivity contribution in [2.75, 3.05) is 0 Å². The molecule has 0 saturated carbocycles. The molecule has 1 aliphatic rings. The molecule has 7 heteroatoms. The van der Waals surface area contributed by atoms with Gasteiger partial charge in [-0.25, -0.2) is 12.4 Å². The summed E-state index contributed by atoms with van der Waals surface area (Å²) in [4.78, 5) is 12.1. The zero-order valence-electron chi connectivity index (χ0n) is 16.2. The van der Waals surface area contributed by atoms with E-state index in [1.165, 1.54) is 3.97 Å². The van der Waals surface area contributed by atoms with Gasteiger partial charge in [0.15, 0.2) is 0 Å². The number of fused-ring (bicyclic) bond motifs is 3. The number of hydrogen-bond acceptors (Lipinski definition) is 4. The van der Waals surface area contributed by atoms with E-state index in [4.69, 9.17) is 5.73 Å². The number of aromatic nitrogens is 1. The largest absolute Gasteiger partial charge is 0.388 e. The van der Waals surface area contributed by atoms with Crippen LogP contribution >= 0.6 is 0 Å². The maximum atomic E-state index is 13.6. The Labute approximate surface area is 170 Å². The van der Waals surface area contributed by atoms with Crippen LogP contribution in [0.15, 0.2) is 59.5 Å². The summed E-state index contributed by atoms with van der Waals surface area (Å²) in [7, 11) is -3.87. The minimum atomic E-state index is -3.87. The zero-order chi connectivity index (χ0) is 20.8. The molecule has 3 atom stereocenters. The predicted octanol–water partition coefficient (Wildman–Crippen LogP) is 2.99. The van der Waals surface area contributed by atoms with Gasteiger partial charge in [0.25, 0.3) is 10.0 Å². The summed E-state index contributed by atoms with van der Waals surface area (Å²) in [5.41, 5.74) is 7.30. The topological polar surface area (TPSA) is 102 Å². The minimum absolute atomic E-state index is 0.183. The van der Waals surface area contributed by atoms with Crippen molar-refractivity contribution in [2.24, 2.45) is 17.6 Å². The third-order valence-corrected chi connectivity index (χ3v) is 7.71. The average molecular weight is 413 g/mol. The van der Waals surface area contributed by atoms with Gasteiger partial charge in [0.05, 0.1) is 16.5 Å². The molecule has 0 radical (unpaired) electrons. The lowest BCUT2D eigenvalue weighted by atomic mass is 9.76. The molecule has 1 heterocycles. The van der Waals surface area contributed by atoms with Crippen LogP contribution in [0.4, 0.5) is 0 Å². The number of carbonyl (C=O) groups is 1. The first-order valence-corrected chi connectivity index (χ1v) is 11.2. The summed E-state index contributed by atoms with van der Waals surface area (Å²) in [6, 6.07) is 15.5. The molecule has 1 aromatic heterocycles. The fourth-order valence-corrected chi connectivity index (χ4v) is 6.23. The number of aliphatic hydroxyl groups is 1. The van der Waals surface area contributed by atoms with Crippen molar-refractivity contribution in [3.63, 3.8) is 0 Å². The number of rotatable bonds is 5. The third kappa shape index (κ3) is 3.14. The van der Waals surface area contributed by atoms with E-state index in [9.17, 15) is 18.3 Å². The standard InChI is InChI=1S/C22H24N2O4S/c1-2-16(22(23)26)14-12-19-21(20(25)13-14)17-10-6-7-11-18(17)24(19)29(27,28)15-8-4-3-5-9-15/h3-11,14,16,20,25H,2,12-13H2,1H3,(H2,23,26). The molecule has 0 saturated heterocycles. The van der Waals surface area contributed by atoms with E-state index < -0.39 is 28.0 Å². The highest BCUT2D eigenvalue weighted by atomic mass is 32.2. The van der Waals surface area contributed by atoms with Crippen LogP contribution in [0, 0.1) is 11.8 Å². The molecule has 1 amide bonds. The number of nitrogens with zero attached hydrogens (tertiary/aromatic N) is 1. The zero-order valence-corrected chi connectivity index (χ0v) is 17.0. The number of carbonyl (C=O) groups excluding carboxylic acids is 1. The van der Waals surface area contributed by atoms with E-state index in [0.29, 0.717) is 36.0 Å². The second-order valence-electron chi connectivity index (χ2n) is 7.59. The van der Waals surface area contributed by atoms with Crippen LogP contribution in [0.2, 0.25) is 0 Å². The molecular weight excluding hydrogens is 388 g/mol. The molecule has 4 rings (SSSR count). The predicted molar refractivity (Wildman–Crippen MR) is 111 cm³/mol. The second-order valence-corrected chi connectivity index (χ2v) is 9.38. The highest BCUT2D eigenvalue weighted by molar-refractivity contribution is 7.90. The van der Waals surface area contributed by atoms with Gasteiger partial charge in [0, 0.05) is 22.6 Å². The van der Waals surface area contributed by atoms with Gasteiger partial charge in [-0.2, -0.15) is 0 Å². The summed E-state index contributed by atoms with van der Waals surface area (Å²) >= 11 is 0. The molecule has 3 unspecified atom stereocenters. The first kappa shape index (κ1) is 19.7. The summed E-state index contributed by atoms with van der Waals surface area (Å²) in [6.45, 7) is 1.88. The first-order chi connectivity index (χ1) is 13.9. The maximum absolute atomic E-state index is 13.6. The molecule has 6 nitrogen and oxygen atoms in total. The normalized spacial score (nSPS) is 20.3. The van der Waals surface area contributed by atoms with Crippen molar-refractivity contribution in [1.29, 1.82) is 0 Å². The van der Waals surface area contributed by atoms with E-state index in [1.807, 2.05) is 19.1 Å². The van der Waals surface area contributed by atoms with Crippen molar-refractivity contribution >= 4 is 26.8 Å². The van der Waals surface area contributed by atoms with E-state index in [2.05, 4.69) is 0 Å². The lowest BCUT2D eigenvalue weighted by Gasteiger charge is -2.31. The Balaban J connectivity index is 1.97. The van der Waals surface area contributed by atoms with Gasteiger partial charge in [-0.3, -0.25) is 4.79 Å². The van der Waals surface area contributed by atoms with Gasteiger partial charge < -0.3 is 10.8 Å². The molecular formula is C22H24N2O4S. The quantitative estimate of drug-likeness (QED) is 0.672. The molecule has 0 aliphatic heterocycles. The smallest absolute Gasteiger partial charge is 0.268 e. The minimum Gasteiger partial charge on any atom is -0.388 e. The Morgan fingerprint density at radius 2 is 1.83 bits per heavy atom. The van der Waals surface area contributed by atoms with Crippen LogP contribution in [0.25, 0.3) is 10.9 Å². The number of amides is 1. The van der Waals surface area contributed by atoms with Crippen molar-refractivity contribution < 1.29 is 18.3 Å². The Hall–Kier alpha value is -2.64.